The Morgan fingerprint density at radius 3 is 2.35 bits per heavy atom. The van der Waals surface area contributed by atoms with Gasteiger partial charge in [0.2, 0.25) is 5.91 Å². The number of fused-ring (bicyclic) bond motifs is 2. The molecular weight excluding hydrogens is 256 g/mol. The minimum Gasteiger partial charge on any atom is -0.480 e. The molecular formula is C15H26N2O3. The normalized spacial score (nSPS) is 30.2. The first-order valence-corrected chi connectivity index (χ1v) is 7.72. The van der Waals surface area contributed by atoms with Gasteiger partial charge >= 0.3 is 5.97 Å². The van der Waals surface area contributed by atoms with Crippen LogP contribution in [0.2, 0.25) is 0 Å². The van der Waals surface area contributed by atoms with E-state index in [1.54, 1.807) is 0 Å². The molecule has 114 valence electrons. The van der Waals surface area contributed by atoms with Crippen molar-refractivity contribution in [1.82, 2.24) is 10.6 Å². The maximum absolute atomic E-state index is 12.0. The molecule has 5 nitrogen and oxygen atoms in total. The Morgan fingerprint density at radius 1 is 1.25 bits per heavy atom. The van der Waals surface area contributed by atoms with Crippen molar-refractivity contribution in [2.75, 3.05) is 0 Å². The van der Waals surface area contributed by atoms with Crippen molar-refractivity contribution in [2.24, 2.45) is 11.8 Å². The van der Waals surface area contributed by atoms with Crippen molar-refractivity contribution in [3.8, 4) is 0 Å². The molecule has 2 rings (SSSR count). The molecule has 2 aliphatic rings. The van der Waals surface area contributed by atoms with Crippen LogP contribution in [-0.2, 0) is 9.59 Å². The second kappa shape index (κ2) is 6.57. The SMILES string of the molecule is CC(C)C[C@@H](NC(=O)CC1CC2CCC(C1)N2)C(=O)O. The summed E-state index contributed by atoms with van der Waals surface area (Å²) >= 11 is 0. The van der Waals surface area contributed by atoms with E-state index in [1.807, 2.05) is 13.8 Å². The Morgan fingerprint density at radius 2 is 1.85 bits per heavy atom. The van der Waals surface area contributed by atoms with E-state index in [9.17, 15) is 9.59 Å². The standard InChI is InChI=1S/C15H26N2O3/c1-9(2)5-13(15(19)20)17-14(18)8-10-6-11-3-4-12(7-10)16-11/h9-13,16H,3-8H2,1-2H3,(H,17,18)(H,19,20)/t10?,11?,12?,13-/m1/s1. The lowest BCUT2D eigenvalue weighted by Crippen LogP contribution is -2.44. The summed E-state index contributed by atoms with van der Waals surface area (Å²) < 4.78 is 0. The van der Waals surface area contributed by atoms with Crippen molar-refractivity contribution in [3.05, 3.63) is 0 Å². The number of carbonyl (C=O) groups excluding carboxylic acids is 1. The van der Waals surface area contributed by atoms with Gasteiger partial charge in [-0.15, -0.1) is 0 Å². The van der Waals surface area contributed by atoms with E-state index in [0.29, 0.717) is 30.8 Å². The van der Waals surface area contributed by atoms with Crippen LogP contribution in [0.1, 0.15) is 52.4 Å². The summed E-state index contributed by atoms with van der Waals surface area (Å²) in [5, 5.41) is 15.4. The van der Waals surface area contributed by atoms with Gasteiger partial charge in [0, 0.05) is 18.5 Å². The zero-order valence-electron chi connectivity index (χ0n) is 12.4. The molecule has 2 bridgehead atoms. The number of aliphatic carboxylic acids is 1. The van der Waals surface area contributed by atoms with Gasteiger partial charge < -0.3 is 15.7 Å². The lowest BCUT2D eigenvalue weighted by atomic mass is 9.89. The van der Waals surface area contributed by atoms with E-state index in [2.05, 4.69) is 10.6 Å². The lowest BCUT2D eigenvalue weighted by Gasteiger charge is -2.29. The summed E-state index contributed by atoms with van der Waals surface area (Å²) in [6.07, 6.45) is 5.48. The number of nitrogens with one attached hydrogen (secondary N) is 2. The number of amides is 1. The second-order valence-electron chi connectivity index (χ2n) is 6.77. The summed E-state index contributed by atoms with van der Waals surface area (Å²) in [4.78, 5) is 23.2. The quantitative estimate of drug-likeness (QED) is 0.690. The van der Waals surface area contributed by atoms with Crippen LogP contribution in [0.5, 0.6) is 0 Å². The molecule has 0 aliphatic carbocycles. The van der Waals surface area contributed by atoms with Gasteiger partial charge in [-0.05, 0) is 43.9 Å². The molecule has 20 heavy (non-hydrogen) atoms. The highest BCUT2D eigenvalue weighted by Crippen LogP contribution is 2.32. The Kier molecular flexibility index (Phi) is 5.02. The van der Waals surface area contributed by atoms with Gasteiger partial charge in [-0.3, -0.25) is 4.79 Å². The van der Waals surface area contributed by atoms with E-state index < -0.39 is 12.0 Å². The van der Waals surface area contributed by atoms with Gasteiger partial charge in [0.1, 0.15) is 6.04 Å². The summed E-state index contributed by atoms with van der Waals surface area (Å²) in [7, 11) is 0. The van der Waals surface area contributed by atoms with Crippen molar-refractivity contribution >= 4 is 11.9 Å². The maximum Gasteiger partial charge on any atom is 0.326 e. The lowest BCUT2D eigenvalue weighted by molar-refractivity contribution is -0.142. The maximum atomic E-state index is 12.0. The van der Waals surface area contributed by atoms with Crippen molar-refractivity contribution in [1.29, 1.82) is 0 Å². The van der Waals surface area contributed by atoms with Crippen molar-refractivity contribution in [2.45, 2.75) is 70.5 Å². The smallest absolute Gasteiger partial charge is 0.326 e. The molecule has 1 amide bonds. The first-order chi connectivity index (χ1) is 9.44. The van der Waals surface area contributed by atoms with Crippen LogP contribution in [-0.4, -0.2) is 35.1 Å². The minimum absolute atomic E-state index is 0.107. The molecule has 2 unspecified atom stereocenters. The van der Waals surface area contributed by atoms with Gasteiger partial charge in [-0.25, -0.2) is 4.79 Å². The highest BCUT2D eigenvalue weighted by atomic mass is 16.4. The molecule has 0 radical (unpaired) electrons. The molecule has 5 heteroatoms. The Bertz CT molecular complexity index is 358. The fourth-order valence-electron chi connectivity index (χ4n) is 3.55. The van der Waals surface area contributed by atoms with Crippen LogP contribution in [0.15, 0.2) is 0 Å². The molecule has 0 saturated carbocycles. The summed E-state index contributed by atoms with van der Waals surface area (Å²) in [5.41, 5.74) is 0. The molecule has 3 N–H and O–H groups in total. The molecule has 0 aromatic heterocycles. The molecule has 2 saturated heterocycles. The van der Waals surface area contributed by atoms with Gasteiger partial charge in [0.05, 0.1) is 0 Å². The molecule has 0 spiro atoms. The summed E-state index contributed by atoms with van der Waals surface area (Å²) in [6.45, 7) is 3.93. The minimum atomic E-state index is -0.933. The van der Waals surface area contributed by atoms with Gasteiger partial charge in [-0.1, -0.05) is 13.8 Å². The third-order valence-corrected chi connectivity index (χ3v) is 4.39. The number of carbonyl (C=O) groups is 2. The van der Waals surface area contributed by atoms with E-state index in [4.69, 9.17) is 5.11 Å². The molecule has 0 aromatic rings. The number of piperidine rings is 1. The second-order valence-corrected chi connectivity index (χ2v) is 6.77. The topological polar surface area (TPSA) is 78.4 Å². The predicted molar refractivity (Wildman–Crippen MR) is 76.3 cm³/mol. The Hall–Kier alpha value is -1.10. The number of carboxylic acids is 1. The third kappa shape index (κ3) is 4.20. The van der Waals surface area contributed by atoms with E-state index in [-0.39, 0.29) is 11.8 Å². The van der Waals surface area contributed by atoms with E-state index in [0.717, 1.165) is 12.8 Å². The third-order valence-electron chi connectivity index (χ3n) is 4.39. The number of hydrogen-bond donors (Lipinski definition) is 3. The van der Waals surface area contributed by atoms with E-state index in [1.165, 1.54) is 12.8 Å². The fourth-order valence-corrected chi connectivity index (χ4v) is 3.55. The number of rotatable bonds is 6. The average Bonchev–Trinajstić information content (AvgIpc) is 2.67. The molecule has 2 aliphatic heterocycles. The van der Waals surface area contributed by atoms with Crippen LogP contribution in [0, 0.1) is 11.8 Å². The molecule has 0 aromatic carbocycles. The highest BCUT2D eigenvalue weighted by molar-refractivity contribution is 5.83. The van der Waals surface area contributed by atoms with Crippen LogP contribution in [0.25, 0.3) is 0 Å². The number of hydrogen-bond acceptors (Lipinski definition) is 3. The van der Waals surface area contributed by atoms with Gasteiger partial charge in [-0.2, -0.15) is 0 Å². The van der Waals surface area contributed by atoms with Crippen LogP contribution in [0.4, 0.5) is 0 Å². The molecule has 3 atom stereocenters. The van der Waals surface area contributed by atoms with Gasteiger partial charge in [0.15, 0.2) is 0 Å². The summed E-state index contributed by atoms with van der Waals surface area (Å²) in [5.74, 6) is -0.379. The first-order valence-electron chi connectivity index (χ1n) is 7.72. The monoisotopic (exact) mass is 282 g/mol. The first kappa shape index (κ1) is 15.3. The zero-order chi connectivity index (χ0) is 14.7. The largest absolute Gasteiger partial charge is 0.480 e. The molecule has 2 heterocycles. The zero-order valence-corrected chi connectivity index (χ0v) is 12.4. The predicted octanol–water partition coefficient (Wildman–Crippen LogP) is 1.52. The molecule has 2 fully saturated rings. The van der Waals surface area contributed by atoms with Crippen molar-refractivity contribution in [3.63, 3.8) is 0 Å². The van der Waals surface area contributed by atoms with Gasteiger partial charge in [0.25, 0.3) is 0 Å². The van der Waals surface area contributed by atoms with Crippen molar-refractivity contribution < 1.29 is 14.7 Å². The summed E-state index contributed by atoms with van der Waals surface area (Å²) in [6, 6.07) is 0.385. The average molecular weight is 282 g/mol. The van der Waals surface area contributed by atoms with Crippen LogP contribution >= 0.6 is 0 Å². The fraction of sp³-hybridized carbons (Fsp3) is 0.867. The highest BCUT2D eigenvalue weighted by Gasteiger charge is 2.34. The van der Waals surface area contributed by atoms with E-state index >= 15 is 0 Å². The van der Waals surface area contributed by atoms with Crippen LogP contribution in [0.3, 0.4) is 0 Å². The Labute approximate surface area is 120 Å². The number of carboxylic acid groups (broad SMARTS) is 1. The Balaban J connectivity index is 1.80. The van der Waals surface area contributed by atoms with Crippen LogP contribution < -0.4 is 10.6 Å².